The minimum absolute atomic E-state index is 0.0111. The molecule has 2 rings (SSSR count). The summed E-state index contributed by atoms with van der Waals surface area (Å²) in [6.07, 6.45) is 6.23. The molecule has 3 atom stereocenters. The van der Waals surface area contributed by atoms with Gasteiger partial charge in [-0.05, 0) is 43.4 Å². The van der Waals surface area contributed by atoms with Crippen LogP contribution in [0.2, 0.25) is 0 Å². The second-order valence-electron chi connectivity index (χ2n) is 5.67. The first kappa shape index (κ1) is 10.9. The molecule has 0 saturated heterocycles. The number of fused-ring (bicyclic) bond motifs is 2. The molecule has 0 aromatic carbocycles. The van der Waals surface area contributed by atoms with E-state index >= 15 is 0 Å². The lowest BCUT2D eigenvalue weighted by molar-refractivity contribution is -0.141. The molecule has 0 aromatic rings. The molecule has 2 aliphatic carbocycles. The van der Waals surface area contributed by atoms with Crippen molar-refractivity contribution in [1.29, 1.82) is 0 Å². The van der Waals surface area contributed by atoms with Crippen molar-refractivity contribution in [2.45, 2.75) is 51.5 Å². The monoisotopic (exact) mass is 211 g/mol. The van der Waals surface area contributed by atoms with Crippen molar-refractivity contribution in [3.05, 3.63) is 0 Å². The van der Waals surface area contributed by atoms with Crippen molar-refractivity contribution < 1.29 is 9.90 Å². The molecule has 0 spiro atoms. The molecule has 15 heavy (non-hydrogen) atoms. The molecule has 0 aromatic heterocycles. The molecule has 0 aliphatic heterocycles. The zero-order valence-corrected chi connectivity index (χ0v) is 9.41. The Morgan fingerprint density at radius 3 is 2.40 bits per heavy atom. The molecular formula is C12H21NO2. The predicted molar refractivity (Wildman–Crippen MR) is 58.4 cm³/mol. The predicted octanol–water partition coefficient (Wildman–Crippen LogP) is 2.00. The van der Waals surface area contributed by atoms with Crippen molar-refractivity contribution in [1.82, 2.24) is 0 Å². The van der Waals surface area contributed by atoms with E-state index in [1.807, 2.05) is 6.92 Å². The third-order valence-electron chi connectivity index (χ3n) is 4.51. The number of carbonyl (C=O) groups is 1. The summed E-state index contributed by atoms with van der Waals surface area (Å²) in [7, 11) is 0. The van der Waals surface area contributed by atoms with Crippen molar-refractivity contribution in [2.24, 2.45) is 23.0 Å². The summed E-state index contributed by atoms with van der Waals surface area (Å²) >= 11 is 0. The lowest BCUT2D eigenvalue weighted by atomic mass is 9.64. The molecule has 3 N–H and O–H groups in total. The Bertz CT molecular complexity index is 250. The van der Waals surface area contributed by atoms with E-state index in [0.29, 0.717) is 0 Å². The summed E-state index contributed by atoms with van der Waals surface area (Å²) < 4.78 is 0. The van der Waals surface area contributed by atoms with Crippen LogP contribution in [-0.2, 0) is 4.79 Å². The van der Waals surface area contributed by atoms with Crippen LogP contribution in [0.3, 0.4) is 0 Å². The van der Waals surface area contributed by atoms with Gasteiger partial charge in [0.05, 0.1) is 6.42 Å². The quantitative estimate of drug-likeness (QED) is 0.750. The fraction of sp³-hybridized carbons (Fsp3) is 0.917. The van der Waals surface area contributed by atoms with E-state index in [1.165, 1.54) is 19.3 Å². The van der Waals surface area contributed by atoms with Crippen molar-refractivity contribution in [3.8, 4) is 0 Å². The summed E-state index contributed by atoms with van der Waals surface area (Å²) in [6.45, 7) is 1.98. The number of aliphatic carboxylic acids is 1. The Labute approximate surface area is 91.0 Å². The fourth-order valence-corrected chi connectivity index (χ4v) is 3.76. The normalized spacial score (nSPS) is 41.5. The molecule has 3 nitrogen and oxygen atoms in total. The second-order valence-corrected chi connectivity index (χ2v) is 5.67. The molecule has 3 heteroatoms. The van der Waals surface area contributed by atoms with Gasteiger partial charge in [0.15, 0.2) is 0 Å². The Hall–Kier alpha value is -0.570. The lowest BCUT2D eigenvalue weighted by Crippen LogP contribution is -2.45. The van der Waals surface area contributed by atoms with Gasteiger partial charge in [-0.1, -0.05) is 12.8 Å². The number of nitrogens with two attached hydrogens (primary N) is 1. The average molecular weight is 211 g/mol. The molecule has 2 bridgehead atoms. The molecule has 2 fully saturated rings. The van der Waals surface area contributed by atoms with Gasteiger partial charge >= 0.3 is 5.97 Å². The molecule has 86 valence electrons. The molecule has 0 heterocycles. The van der Waals surface area contributed by atoms with Gasteiger partial charge in [0.1, 0.15) is 0 Å². The van der Waals surface area contributed by atoms with Crippen LogP contribution in [0.15, 0.2) is 0 Å². The van der Waals surface area contributed by atoms with E-state index in [2.05, 4.69) is 0 Å². The van der Waals surface area contributed by atoms with Gasteiger partial charge in [-0.3, -0.25) is 4.79 Å². The summed E-state index contributed by atoms with van der Waals surface area (Å²) in [5, 5.41) is 9.02. The highest BCUT2D eigenvalue weighted by Gasteiger charge is 2.46. The molecular weight excluding hydrogens is 190 g/mol. The Balaban J connectivity index is 2.16. The van der Waals surface area contributed by atoms with E-state index in [1.54, 1.807) is 0 Å². The SMILES string of the molecule is CC(N)C1(CC(=O)O)CC2CCC(C2)C1. The zero-order valence-electron chi connectivity index (χ0n) is 9.41. The molecule has 3 unspecified atom stereocenters. The van der Waals surface area contributed by atoms with E-state index in [4.69, 9.17) is 10.8 Å². The van der Waals surface area contributed by atoms with Crippen molar-refractivity contribution >= 4 is 5.97 Å². The highest BCUT2D eigenvalue weighted by molar-refractivity contribution is 5.68. The lowest BCUT2D eigenvalue weighted by Gasteiger charge is -2.42. The fourth-order valence-electron chi connectivity index (χ4n) is 3.76. The standard InChI is InChI=1S/C12H21NO2/c1-8(13)12(7-11(14)15)5-9-2-3-10(4-9)6-12/h8-10H,2-7,13H2,1H3,(H,14,15). The summed E-state index contributed by atoms with van der Waals surface area (Å²) in [5.41, 5.74) is 5.92. The molecule has 0 amide bonds. The first-order chi connectivity index (χ1) is 7.02. The van der Waals surface area contributed by atoms with Gasteiger partial charge < -0.3 is 10.8 Å². The Morgan fingerprint density at radius 2 is 2.00 bits per heavy atom. The molecule has 0 radical (unpaired) electrons. The maximum Gasteiger partial charge on any atom is 0.303 e. The summed E-state index contributed by atoms with van der Waals surface area (Å²) in [4.78, 5) is 11.0. The van der Waals surface area contributed by atoms with E-state index in [9.17, 15) is 4.79 Å². The number of hydrogen-bond acceptors (Lipinski definition) is 2. The van der Waals surface area contributed by atoms with Crippen molar-refractivity contribution in [3.63, 3.8) is 0 Å². The Morgan fingerprint density at radius 1 is 1.47 bits per heavy atom. The van der Waals surface area contributed by atoms with Crippen LogP contribution in [0.4, 0.5) is 0 Å². The van der Waals surface area contributed by atoms with E-state index in [-0.39, 0.29) is 17.9 Å². The van der Waals surface area contributed by atoms with Gasteiger partial charge in [-0.2, -0.15) is 0 Å². The Kier molecular flexibility index (Phi) is 2.75. The number of rotatable bonds is 3. The van der Waals surface area contributed by atoms with Crippen molar-refractivity contribution in [2.75, 3.05) is 0 Å². The van der Waals surface area contributed by atoms with Crippen LogP contribution in [0.25, 0.3) is 0 Å². The highest BCUT2D eigenvalue weighted by Crippen LogP contribution is 2.53. The third-order valence-corrected chi connectivity index (χ3v) is 4.51. The van der Waals surface area contributed by atoms with E-state index < -0.39 is 5.97 Å². The summed E-state index contributed by atoms with van der Waals surface area (Å²) in [5.74, 6) is 0.803. The molecule has 2 saturated carbocycles. The van der Waals surface area contributed by atoms with Crippen LogP contribution in [0, 0.1) is 17.3 Å². The van der Waals surface area contributed by atoms with Crippen LogP contribution in [0.5, 0.6) is 0 Å². The topological polar surface area (TPSA) is 63.3 Å². The van der Waals surface area contributed by atoms with Crippen LogP contribution in [-0.4, -0.2) is 17.1 Å². The van der Waals surface area contributed by atoms with Gasteiger partial charge in [0.25, 0.3) is 0 Å². The number of hydrogen-bond donors (Lipinski definition) is 2. The molecule has 2 aliphatic rings. The van der Waals surface area contributed by atoms with Gasteiger partial charge in [0, 0.05) is 6.04 Å². The minimum atomic E-state index is -0.686. The highest BCUT2D eigenvalue weighted by atomic mass is 16.4. The van der Waals surface area contributed by atoms with Crippen LogP contribution >= 0.6 is 0 Å². The first-order valence-corrected chi connectivity index (χ1v) is 5.99. The summed E-state index contributed by atoms with van der Waals surface area (Å²) in [6, 6.07) is 0.0111. The first-order valence-electron chi connectivity index (χ1n) is 5.99. The maximum absolute atomic E-state index is 11.0. The van der Waals surface area contributed by atoms with Gasteiger partial charge in [-0.25, -0.2) is 0 Å². The van der Waals surface area contributed by atoms with Gasteiger partial charge in [-0.15, -0.1) is 0 Å². The zero-order chi connectivity index (χ0) is 11.1. The largest absolute Gasteiger partial charge is 0.481 e. The van der Waals surface area contributed by atoms with E-state index in [0.717, 1.165) is 24.7 Å². The number of carboxylic acids is 1. The minimum Gasteiger partial charge on any atom is -0.481 e. The average Bonchev–Trinajstić information content (AvgIpc) is 2.44. The van der Waals surface area contributed by atoms with Gasteiger partial charge in [0.2, 0.25) is 0 Å². The number of carboxylic acid groups (broad SMARTS) is 1. The smallest absolute Gasteiger partial charge is 0.303 e. The third kappa shape index (κ3) is 2.03. The second kappa shape index (κ2) is 3.78. The van der Waals surface area contributed by atoms with Crippen LogP contribution in [0.1, 0.15) is 45.4 Å². The maximum atomic E-state index is 11.0. The van der Waals surface area contributed by atoms with Crippen LogP contribution < -0.4 is 5.73 Å².